The minimum absolute atomic E-state index is 0.241. The molecule has 1 atom stereocenters. The van der Waals surface area contributed by atoms with E-state index in [4.69, 9.17) is 16.3 Å². The van der Waals surface area contributed by atoms with Crippen molar-refractivity contribution in [3.05, 3.63) is 64.7 Å². The van der Waals surface area contributed by atoms with Crippen LogP contribution in [0.5, 0.6) is 5.75 Å². The van der Waals surface area contributed by atoms with Gasteiger partial charge in [-0.25, -0.2) is 0 Å². The third-order valence-electron chi connectivity index (χ3n) is 3.32. The smallest absolute Gasteiger partial charge is 0.119 e. The van der Waals surface area contributed by atoms with E-state index in [0.717, 1.165) is 22.8 Å². The lowest BCUT2D eigenvalue weighted by atomic mass is 9.99. The molecular weight excluding hydrogens is 270 g/mol. The van der Waals surface area contributed by atoms with Gasteiger partial charge >= 0.3 is 0 Å². The molecule has 3 heteroatoms. The van der Waals surface area contributed by atoms with Crippen molar-refractivity contribution in [1.82, 2.24) is 5.32 Å². The monoisotopic (exact) mass is 289 g/mol. The number of ether oxygens (including phenoxy) is 1. The Kier molecular flexibility index (Phi) is 5.45. The molecule has 106 valence electrons. The van der Waals surface area contributed by atoms with Crippen LogP contribution in [0.4, 0.5) is 0 Å². The van der Waals surface area contributed by atoms with Crippen molar-refractivity contribution in [2.75, 3.05) is 13.7 Å². The van der Waals surface area contributed by atoms with Gasteiger partial charge in [0.15, 0.2) is 0 Å². The first-order chi connectivity index (χ1) is 9.74. The third-order valence-corrected chi connectivity index (χ3v) is 3.69. The van der Waals surface area contributed by atoms with E-state index in [1.54, 1.807) is 0 Å². The van der Waals surface area contributed by atoms with Crippen LogP contribution < -0.4 is 10.1 Å². The summed E-state index contributed by atoms with van der Waals surface area (Å²) >= 11 is 6.23. The number of rotatable bonds is 6. The molecule has 0 aliphatic heterocycles. The quantitative estimate of drug-likeness (QED) is 0.859. The fraction of sp³-hybridized carbons (Fsp3) is 0.294. The molecule has 0 aromatic heterocycles. The minimum atomic E-state index is 0.241. The first-order valence-corrected chi connectivity index (χ1v) is 7.25. The highest BCUT2D eigenvalue weighted by Gasteiger charge is 2.12. The van der Waals surface area contributed by atoms with Crippen LogP contribution in [0.15, 0.2) is 48.5 Å². The third kappa shape index (κ3) is 3.75. The van der Waals surface area contributed by atoms with Crippen molar-refractivity contribution >= 4 is 11.6 Å². The van der Waals surface area contributed by atoms with Crippen LogP contribution in [0.1, 0.15) is 24.1 Å². The summed E-state index contributed by atoms with van der Waals surface area (Å²) in [6.45, 7) is 2.68. The zero-order valence-electron chi connectivity index (χ0n) is 11.9. The Balaban J connectivity index is 2.13. The average molecular weight is 290 g/mol. The lowest BCUT2D eigenvalue weighted by Crippen LogP contribution is -2.18. The molecule has 1 N–H and O–H groups in total. The Morgan fingerprint density at radius 3 is 2.40 bits per heavy atom. The number of nitrogens with one attached hydrogen (secondary N) is 1. The zero-order valence-corrected chi connectivity index (χ0v) is 12.7. The SMILES string of the molecule is CCOc1ccc(C(Cc2ccccc2Cl)NC)cc1. The lowest BCUT2D eigenvalue weighted by molar-refractivity contribution is 0.340. The number of halogens is 1. The van der Waals surface area contributed by atoms with Crippen molar-refractivity contribution in [3.8, 4) is 5.75 Å². The maximum absolute atomic E-state index is 6.23. The van der Waals surface area contributed by atoms with Crippen LogP contribution in [-0.2, 0) is 6.42 Å². The molecule has 0 amide bonds. The molecule has 0 spiro atoms. The van der Waals surface area contributed by atoms with Gasteiger partial charge in [-0.05, 0) is 49.7 Å². The van der Waals surface area contributed by atoms with Crippen molar-refractivity contribution in [1.29, 1.82) is 0 Å². The van der Waals surface area contributed by atoms with E-state index in [0.29, 0.717) is 6.61 Å². The Hall–Kier alpha value is -1.51. The molecule has 1 unspecified atom stereocenters. The van der Waals surface area contributed by atoms with Crippen LogP contribution in [0.3, 0.4) is 0 Å². The van der Waals surface area contributed by atoms with E-state index >= 15 is 0 Å². The molecule has 0 saturated heterocycles. The maximum atomic E-state index is 6.23. The second kappa shape index (κ2) is 7.32. The van der Waals surface area contributed by atoms with Gasteiger partial charge in [0.05, 0.1) is 6.61 Å². The van der Waals surface area contributed by atoms with Crippen LogP contribution in [-0.4, -0.2) is 13.7 Å². The molecule has 0 aliphatic carbocycles. The summed E-state index contributed by atoms with van der Waals surface area (Å²) < 4.78 is 5.47. The fourth-order valence-corrected chi connectivity index (χ4v) is 2.45. The van der Waals surface area contributed by atoms with E-state index in [-0.39, 0.29) is 6.04 Å². The van der Waals surface area contributed by atoms with Gasteiger partial charge in [-0.1, -0.05) is 41.9 Å². The first kappa shape index (κ1) is 14.9. The Morgan fingerprint density at radius 1 is 1.10 bits per heavy atom. The molecule has 2 aromatic rings. The van der Waals surface area contributed by atoms with Gasteiger partial charge in [0.2, 0.25) is 0 Å². The van der Waals surface area contributed by atoms with Gasteiger partial charge in [-0.15, -0.1) is 0 Å². The second-order valence-electron chi connectivity index (χ2n) is 4.64. The van der Waals surface area contributed by atoms with Crippen molar-refractivity contribution < 1.29 is 4.74 Å². The molecule has 0 aliphatic rings. The Labute approximate surface area is 125 Å². The minimum Gasteiger partial charge on any atom is -0.494 e. The van der Waals surface area contributed by atoms with E-state index in [1.165, 1.54) is 5.56 Å². The molecule has 2 rings (SSSR count). The van der Waals surface area contributed by atoms with Gasteiger partial charge < -0.3 is 10.1 Å². The summed E-state index contributed by atoms with van der Waals surface area (Å²) in [4.78, 5) is 0. The molecule has 20 heavy (non-hydrogen) atoms. The Bertz CT molecular complexity index is 539. The molecule has 0 bridgehead atoms. The summed E-state index contributed by atoms with van der Waals surface area (Å²) in [6, 6.07) is 16.4. The van der Waals surface area contributed by atoms with Gasteiger partial charge in [-0.3, -0.25) is 0 Å². The topological polar surface area (TPSA) is 21.3 Å². The Morgan fingerprint density at radius 2 is 1.80 bits per heavy atom. The van der Waals surface area contributed by atoms with Crippen LogP contribution in [0.2, 0.25) is 5.02 Å². The maximum Gasteiger partial charge on any atom is 0.119 e. The highest BCUT2D eigenvalue weighted by molar-refractivity contribution is 6.31. The molecule has 0 fully saturated rings. The van der Waals surface area contributed by atoms with Crippen LogP contribution in [0, 0.1) is 0 Å². The molecule has 0 heterocycles. The predicted molar refractivity (Wildman–Crippen MR) is 84.6 cm³/mol. The summed E-state index contributed by atoms with van der Waals surface area (Å²) in [6.07, 6.45) is 0.865. The lowest BCUT2D eigenvalue weighted by Gasteiger charge is -2.18. The molecular formula is C17H20ClNO. The van der Waals surface area contributed by atoms with E-state index in [1.807, 2.05) is 44.3 Å². The van der Waals surface area contributed by atoms with Crippen molar-refractivity contribution in [2.45, 2.75) is 19.4 Å². The normalized spacial score (nSPS) is 12.2. The van der Waals surface area contributed by atoms with Crippen molar-refractivity contribution in [2.24, 2.45) is 0 Å². The van der Waals surface area contributed by atoms with Gasteiger partial charge in [0.25, 0.3) is 0 Å². The van der Waals surface area contributed by atoms with Gasteiger partial charge in [0, 0.05) is 11.1 Å². The van der Waals surface area contributed by atoms with Crippen LogP contribution in [0.25, 0.3) is 0 Å². The summed E-state index contributed by atoms with van der Waals surface area (Å²) in [5.74, 6) is 0.906. The van der Waals surface area contributed by atoms with Gasteiger partial charge in [0.1, 0.15) is 5.75 Å². The number of benzene rings is 2. The van der Waals surface area contributed by atoms with E-state index in [2.05, 4.69) is 23.5 Å². The summed E-state index contributed by atoms with van der Waals surface area (Å²) in [5, 5.41) is 4.16. The molecule has 0 radical (unpaired) electrons. The van der Waals surface area contributed by atoms with Crippen molar-refractivity contribution in [3.63, 3.8) is 0 Å². The number of hydrogen-bond donors (Lipinski definition) is 1. The second-order valence-corrected chi connectivity index (χ2v) is 5.05. The standard InChI is InChI=1S/C17H20ClNO/c1-3-20-15-10-8-13(9-11-15)17(19-2)12-14-6-4-5-7-16(14)18/h4-11,17,19H,3,12H2,1-2H3. The molecule has 2 aromatic carbocycles. The number of hydrogen-bond acceptors (Lipinski definition) is 2. The highest BCUT2D eigenvalue weighted by atomic mass is 35.5. The largest absolute Gasteiger partial charge is 0.494 e. The number of likely N-dealkylation sites (N-methyl/N-ethyl adjacent to an activating group) is 1. The average Bonchev–Trinajstić information content (AvgIpc) is 2.48. The molecule has 0 saturated carbocycles. The highest BCUT2D eigenvalue weighted by Crippen LogP contribution is 2.24. The summed E-state index contributed by atoms with van der Waals surface area (Å²) in [5.41, 5.74) is 2.39. The summed E-state index contributed by atoms with van der Waals surface area (Å²) in [7, 11) is 1.97. The van der Waals surface area contributed by atoms with E-state index in [9.17, 15) is 0 Å². The molecule has 2 nitrogen and oxygen atoms in total. The predicted octanol–water partition coefficient (Wildman–Crippen LogP) is 4.24. The van der Waals surface area contributed by atoms with Gasteiger partial charge in [-0.2, -0.15) is 0 Å². The van der Waals surface area contributed by atoms with E-state index < -0.39 is 0 Å². The first-order valence-electron chi connectivity index (χ1n) is 6.88. The zero-order chi connectivity index (χ0) is 14.4. The van der Waals surface area contributed by atoms with Crippen LogP contribution >= 0.6 is 11.6 Å². The fourth-order valence-electron chi connectivity index (χ4n) is 2.23.